The van der Waals surface area contributed by atoms with E-state index in [1.165, 1.54) is 0 Å². The molecule has 1 atom stereocenters. The Kier molecular flexibility index (Phi) is 4.56. The molecule has 0 aliphatic carbocycles. The zero-order valence-electron chi connectivity index (χ0n) is 16.8. The number of hydrogen-bond acceptors (Lipinski definition) is 3. The lowest BCUT2D eigenvalue weighted by Crippen LogP contribution is -2.43. The van der Waals surface area contributed by atoms with Gasteiger partial charge >= 0.3 is 5.71 Å². The normalized spacial score (nSPS) is 19.0. The van der Waals surface area contributed by atoms with Gasteiger partial charge in [0.15, 0.2) is 0 Å². The molecule has 2 heterocycles. The van der Waals surface area contributed by atoms with Crippen LogP contribution in [0.3, 0.4) is 0 Å². The van der Waals surface area contributed by atoms with Crippen molar-refractivity contribution < 1.29 is 8.42 Å². The summed E-state index contributed by atoms with van der Waals surface area (Å²) < 4.78 is 33.2. The van der Waals surface area contributed by atoms with E-state index < -0.39 is 10.0 Å². The molecule has 0 amide bonds. The van der Waals surface area contributed by atoms with Crippen molar-refractivity contribution in [1.29, 1.82) is 0 Å². The van der Waals surface area contributed by atoms with Gasteiger partial charge in [0.2, 0.25) is 0 Å². The molecule has 1 unspecified atom stereocenters. The molecule has 0 saturated carbocycles. The second kappa shape index (κ2) is 6.80. The Morgan fingerprint density at radius 2 is 1.86 bits per heavy atom. The van der Waals surface area contributed by atoms with Gasteiger partial charge in [-0.25, -0.2) is 8.42 Å². The first-order valence-corrected chi connectivity index (χ1v) is 11.1. The third kappa shape index (κ3) is 3.03. The van der Waals surface area contributed by atoms with Crippen LogP contribution in [0.5, 0.6) is 0 Å². The first-order chi connectivity index (χ1) is 13.3. The Morgan fingerprint density at radius 3 is 2.54 bits per heavy atom. The maximum Gasteiger partial charge on any atom is 0.311 e. The molecule has 0 radical (unpaired) electrons. The van der Waals surface area contributed by atoms with Gasteiger partial charge in [-0.15, -0.1) is 4.67 Å². The molecule has 0 N–H and O–H groups in total. The summed E-state index contributed by atoms with van der Waals surface area (Å²) in [4.78, 5) is 2.48. The van der Waals surface area contributed by atoms with Gasteiger partial charge in [0.25, 0.3) is 16.2 Å². The quantitative estimate of drug-likeness (QED) is 0.750. The molecule has 4 rings (SSSR count). The van der Waals surface area contributed by atoms with E-state index >= 15 is 0 Å². The number of benzene rings is 2. The van der Waals surface area contributed by atoms with Crippen LogP contribution in [0.4, 0.5) is 11.4 Å². The van der Waals surface area contributed by atoms with Gasteiger partial charge < -0.3 is 4.90 Å². The Hall–Kier alpha value is -2.56. The van der Waals surface area contributed by atoms with Crippen molar-refractivity contribution in [3.63, 3.8) is 0 Å². The molecule has 2 aliphatic heterocycles. The lowest BCUT2D eigenvalue weighted by atomic mass is 10.0. The summed E-state index contributed by atoms with van der Waals surface area (Å²) in [6, 6.07) is 11.5. The number of para-hydroxylation sites is 1. The molecule has 0 saturated heterocycles. The standard InChI is InChI=1S/C22H26N3O2S/c1-15-12-19(23-14-15)18-8-9-21(17(3)13-18)28(26,27)25-11-10-24(4)20-7-5-6-16(2)22(20)25/h5-9,13-15H,10-12H2,1-4H3/q+1. The van der Waals surface area contributed by atoms with Crippen LogP contribution in [0, 0.1) is 19.8 Å². The third-order valence-electron chi connectivity index (χ3n) is 5.59. The predicted molar refractivity (Wildman–Crippen MR) is 116 cm³/mol. The minimum Gasteiger partial charge on any atom is -0.371 e. The molecule has 2 aromatic rings. The summed E-state index contributed by atoms with van der Waals surface area (Å²) in [6.07, 6.45) is 2.86. The van der Waals surface area contributed by atoms with Crippen LogP contribution in [-0.2, 0) is 10.0 Å². The second-order valence-corrected chi connectivity index (χ2v) is 9.66. The molecule has 146 valence electrons. The van der Waals surface area contributed by atoms with Crippen molar-refractivity contribution >= 4 is 33.3 Å². The minimum atomic E-state index is -3.64. The fourth-order valence-electron chi connectivity index (χ4n) is 4.05. The zero-order chi connectivity index (χ0) is 20.1. The van der Waals surface area contributed by atoms with Crippen LogP contribution >= 0.6 is 0 Å². The predicted octanol–water partition coefficient (Wildman–Crippen LogP) is 2.92. The van der Waals surface area contributed by atoms with Crippen molar-refractivity contribution in [3.05, 3.63) is 53.1 Å². The molecule has 0 fully saturated rings. The highest BCUT2D eigenvalue weighted by atomic mass is 32.2. The van der Waals surface area contributed by atoms with E-state index in [2.05, 4.69) is 16.5 Å². The molecular formula is C22H26N3O2S+. The lowest BCUT2D eigenvalue weighted by Gasteiger charge is -2.37. The van der Waals surface area contributed by atoms with Crippen molar-refractivity contribution in [1.82, 2.24) is 4.67 Å². The summed E-state index contributed by atoms with van der Waals surface area (Å²) in [5.74, 6) is 0.434. The van der Waals surface area contributed by atoms with Gasteiger partial charge in [0, 0.05) is 13.6 Å². The van der Waals surface area contributed by atoms with E-state index in [0.29, 0.717) is 23.9 Å². The number of aryl methyl sites for hydroxylation is 2. The number of nitrogens with zero attached hydrogens (tertiary/aromatic N) is 3. The van der Waals surface area contributed by atoms with E-state index in [-0.39, 0.29) is 0 Å². The van der Waals surface area contributed by atoms with Gasteiger partial charge in [-0.1, -0.05) is 19.1 Å². The molecular weight excluding hydrogens is 370 g/mol. The monoisotopic (exact) mass is 396 g/mol. The van der Waals surface area contributed by atoms with Crippen LogP contribution in [-0.4, -0.2) is 40.5 Å². The van der Waals surface area contributed by atoms with E-state index in [1.54, 1.807) is 10.4 Å². The summed E-state index contributed by atoms with van der Waals surface area (Å²) in [5.41, 5.74) is 5.49. The number of hydrogen-bond donors (Lipinski definition) is 0. The molecule has 2 aromatic carbocycles. The highest BCUT2D eigenvalue weighted by Crippen LogP contribution is 2.38. The Morgan fingerprint density at radius 1 is 1.07 bits per heavy atom. The van der Waals surface area contributed by atoms with Crippen LogP contribution in [0.15, 0.2) is 41.3 Å². The number of anilines is 2. The summed E-state index contributed by atoms with van der Waals surface area (Å²) in [7, 11) is -1.64. The van der Waals surface area contributed by atoms with E-state index in [0.717, 1.165) is 40.2 Å². The summed E-state index contributed by atoms with van der Waals surface area (Å²) in [6.45, 7) is 7.07. The number of fused-ring (bicyclic) bond motifs is 1. The fraction of sp³-hybridized carbons (Fsp3) is 0.364. The Balaban J connectivity index is 1.76. The largest absolute Gasteiger partial charge is 0.371 e. The van der Waals surface area contributed by atoms with Gasteiger partial charge in [-0.2, -0.15) is 0 Å². The van der Waals surface area contributed by atoms with Crippen LogP contribution in [0.2, 0.25) is 0 Å². The molecule has 2 aliphatic rings. The average molecular weight is 397 g/mol. The Labute approximate surface area is 167 Å². The molecule has 5 nitrogen and oxygen atoms in total. The van der Waals surface area contributed by atoms with E-state index in [9.17, 15) is 8.42 Å². The van der Waals surface area contributed by atoms with Gasteiger partial charge in [0.05, 0.1) is 40.7 Å². The van der Waals surface area contributed by atoms with Crippen molar-refractivity contribution in [2.24, 2.45) is 5.92 Å². The zero-order valence-corrected chi connectivity index (χ0v) is 17.6. The molecule has 6 heteroatoms. The number of likely N-dealkylation sites (N-methyl/N-ethyl adjacent to an activating group) is 1. The van der Waals surface area contributed by atoms with E-state index in [1.807, 2.05) is 57.4 Å². The van der Waals surface area contributed by atoms with Crippen molar-refractivity contribution in [2.75, 3.05) is 29.3 Å². The van der Waals surface area contributed by atoms with Crippen molar-refractivity contribution in [3.8, 4) is 0 Å². The maximum absolute atomic E-state index is 13.6. The number of sulfonamides is 1. The molecule has 0 aromatic heterocycles. The van der Waals surface area contributed by atoms with Crippen LogP contribution in [0.25, 0.3) is 0 Å². The second-order valence-electron chi connectivity index (χ2n) is 7.83. The topological polar surface area (TPSA) is 54.7 Å². The average Bonchev–Trinajstić information content (AvgIpc) is 3.08. The fourth-order valence-corrected chi connectivity index (χ4v) is 5.79. The van der Waals surface area contributed by atoms with Crippen LogP contribution in [0.1, 0.15) is 30.0 Å². The highest BCUT2D eigenvalue weighted by Gasteiger charge is 2.33. The van der Waals surface area contributed by atoms with E-state index in [4.69, 9.17) is 0 Å². The first-order valence-electron chi connectivity index (χ1n) is 9.63. The minimum absolute atomic E-state index is 0.366. The molecule has 0 spiro atoms. The maximum atomic E-state index is 13.6. The van der Waals surface area contributed by atoms with Gasteiger partial charge in [-0.05, 0) is 49.2 Å². The van der Waals surface area contributed by atoms with Crippen molar-refractivity contribution in [2.45, 2.75) is 32.1 Å². The molecule has 0 bridgehead atoms. The first kappa shape index (κ1) is 18.8. The van der Waals surface area contributed by atoms with Gasteiger partial charge in [-0.3, -0.25) is 4.31 Å². The smallest absolute Gasteiger partial charge is 0.311 e. The highest BCUT2D eigenvalue weighted by molar-refractivity contribution is 7.93. The Bertz CT molecular complexity index is 1110. The van der Waals surface area contributed by atoms with Gasteiger partial charge in [0.1, 0.15) is 0 Å². The summed E-state index contributed by atoms with van der Waals surface area (Å²) >= 11 is 0. The number of rotatable bonds is 3. The summed E-state index contributed by atoms with van der Waals surface area (Å²) in [5, 5.41) is 0. The van der Waals surface area contributed by atoms with Crippen LogP contribution < -0.4 is 13.9 Å². The third-order valence-corrected chi connectivity index (χ3v) is 7.55. The molecule has 28 heavy (non-hydrogen) atoms. The SMILES string of the molecule is Cc1cc(C2=[N+]=CC(C)C2)ccc1S(=O)(=O)N1CCN(C)c2cccc(C)c21. The lowest BCUT2D eigenvalue weighted by molar-refractivity contribution is 0.588.